The second kappa shape index (κ2) is 5.94. The van der Waals surface area contributed by atoms with Gasteiger partial charge in [-0.25, -0.2) is 13.1 Å². The average molecular weight is 301 g/mol. The second-order valence-corrected chi connectivity index (χ2v) is 6.73. The zero-order valence-corrected chi connectivity index (χ0v) is 12.1. The van der Waals surface area contributed by atoms with Crippen LogP contribution in [0.1, 0.15) is 25.7 Å². The Balaban J connectivity index is 2.03. The third-order valence-corrected chi connectivity index (χ3v) is 5.06. The number of nitrogens with two attached hydrogens (primary N) is 1. The quantitative estimate of drug-likeness (QED) is 0.649. The van der Waals surface area contributed by atoms with Crippen LogP contribution in [0.3, 0.4) is 0 Å². The van der Waals surface area contributed by atoms with E-state index in [-0.39, 0.29) is 9.92 Å². The minimum atomic E-state index is -3.59. The van der Waals surface area contributed by atoms with Gasteiger partial charge in [-0.05, 0) is 43.9 Å². The summed E-state index contributed by atoms with van der Waals surface area (Å²) in [6.07, 6.45) is 6.27. The molecule has 1 aliphatic rings. The molecule has 0 unspecified atom stereocenters. The van der Waals surface area contributed by atoms with E-state index < -0.39 is 10.0 Å². The molecule has 0 spiro atoms. The maximum atomic E-state index is 12.1. The Labute approximate surface area is 118 Å². The Morgan fingerprint density at radius 2 is 2.16 bits per heavy atom. The highest BCUT2D eigenvalue weighted by Gasteiger charge is 2.18. The third kappa shape index (κ3) is 3.72. The summed E-state index contributed by atoms with van der Waals surface area (Å²) in [6, 6.07) is 4.44. The Kier molecular flexibility index (Phi) is 4.50. The van der Waals surface area contributed by atoms with Crippen LogP contribution in [-0.2, 0) is 10.0 Å². The molecule has 0 aliphatic heterocycles. The second-order valence-electron chi connectivity index (χ2n) is 4.59. The van der Waals surface area contributed by atoms with Crippen LogP contribution in [0, 0.1) is 0 Å². The van der Waals surface area contributed by atoms with Crippen LogP contribution in [0.15, 0.2) is 34.7 Å². The van der Waals surface area contributed by atoms with Crippen molar-refractivity contribution < 1.29 is 8.42 Å². The Morgan fingerprint density at radius 3 is 2.84 bits per heavy atom. The van der Waals surface area contributed by atoms with Crippen molar-refractivity contribution in [3.63, 3.8) is 0 Å². The highest BCUT2D eigenvalue weighted by atomic mass is 35.5. The first-order valence-corrected chi connectivity index (χ1v) is 8.08. The topological polar surface area (TPSA) is 72.2 Å². The van der Waals surface area contributed by atoms with E-state index in [0.717, 1.165) is 19.3 Å². The highest BCUT2D eigenvalue weighted by Crippen LogP contribution is 2.24. The van der Waals surface area contributed by atoms with Crippen molar-refractivity contribution in [2.75, 3.05) is 12.3 Å². The van der Waals surface area contributed by atoms with Crippen LogP contribution in [-0.4, -0.2) is 15.0 Å². The smallest absolute Gasteiger partial charge is 0.242 e. The molecule has 1 aliphatic carbocycles. The largest absolute Gasteiger partial charge is 0.399 e. The van der Waals surface area contributed by atoms with Gasteiger partial charge in [0.1, 0.15) is 4.90 Å². The Hall–Kier alpha value is -1.04. The minimum Gasteiger partial charge on any atom is -0.399 e. The van der Waals surface area contributed by atoms with Crippen LogP contribution >= 0.6 is 11.6 Å². The molecule has 4 nitrogen and oxygen atoms in total. The van der Waals surface area contributed by atoms with Crippen molar-refractivity contribution in [2.45, 2.75) is 30.6 Å². The molecule has 0 radical (unpaired) electrons. The van der Waals surface area contributed by atoms with Gasteiger partial charge in [-0.15, -0.1) is 0 Å². The normalized spacial score (nSPS) is 15.5. The number of benzene rings is 1. The predicted molar refractivity (Wildman–Crippen MR) is 77.6 cm³/mol. The van der Waals surface area contributed by atoms with Gasteiger partial charge in [0, 0.05) is 12.2 Å². The summed E-state index contributed by atoms with van der Waals surface area (Å²) in [7, 11) is -3.59. The SMILES string of the molecule is Nc1ccc(Cl)c(S(=O)(=O)NCCC2=CCCC2)c1. The highest BCUT2D eigenvalue weighted by molar-refractivity contribution is 7.89. The number of hydrogen-bond donors (Lipinski definition) is 2. The van der Waals surface area contributed by atoms with Crippen molar-refractivity contribution in [3.8, 4) is 0 Å². The molecule has 0 saturated heterocycles. The molecule has 3 N–H and O–H groups in total. The van der Waals surface area contributed by atoms with Crippen molar-refractivity contribution in [2.24, 2.45) is 0 Å². The van der Waals surface area contributed by atoms with Gasteiger partial charge in [0.05, 0.1) is 5.02 Å². The van der Waals surface area contributed by atoms with Gasteiger partial charge < -0.3 is 5.73 Å². The molecule has 1 aromatic carbocycles. The number of allylic oxidation sites excluding steroid dienone is 1. The Morgan fingerprint density at radius 1 is 1.37 bits per heavy atom. The number of sulfonamides is 1. The first-order valence-electron chi connectivity index (χ1n) is 6.21. The molecule has 0 amide bonds. The molecule has 0 saturated carbocycles. The molecule has 0 aromatic heterocycles. The van der Waals surface area contributed by atoms with Crippen molar-refractivity contribution in [1.29, 1.82) is 0 Å². The van der Waals surface area contributed by atoms with E-state index in [9.17, 15) is 8.42 Å². The molecule has 104 valence electrons. The summed E-state index contributed by atoms with van der Waals surface area (Å²) in [6.45, 7) is 0.388. The first kappa shape index (κ1) is 14.4. The summed E-state index contributed by atoms with van der Waals surface area (Å²) in [4.78, 5) is 0.0366. The first-order chi connectivity index (χ1) is 8.99. The standard InChI is InChI=1S/C13H17ClN2O2S/c14-12-6-5-11(15)9-13(12)19(17,18)16-8-7-10-3-1-2-4-10/h3,5-6,9,16H,1-2,4,7-8,15H2. The van der Waals surface area contributed by atoms with Crippen LogP contribution < -0.4 is 10.5 Å². The zero-order chi connectivity index (χ0) is 13.9. The number of anilines is 1. The molecular weight excluding hydrogens is 284 g/mol. The fraction of sp³-hybridized carbons (Fsp3) is 0.385. The van der Waals surface area contributed by atoms with E-state index in [2.05, 4.69) is 10.8 Å². The van der Waals surface area contributed by atoms with E-state index in [1.807, 2.05) is 0 Å². The fourth-order valence-electron chi connectivity index (χ4n) is 2.11. The number of halogens is 1. The minimum absolute atomic E-state index is 0.0366. The molecule has 0 bridgehead atoms. The lowest BCUT2D eigenvalue weighted by Crippen LogP contribution is -2.25. The summed E-state index contributed by atoms with van der Waals surface area (Å²) in [5, 5.41) is 0.182. The lowest BCUT2D eigenvalue weighted by Gasteiger charge is -2.09. The van der Waals surface area contributed by atoms with E-state index >= 15 is 0 Å². The maximum Gasteiger partial charge on any atom is 0.242 e. The van der Waals surface area contributed by atoms with Gasteiger partial charge in [-0.3, -0.25) is 0 Å². The third-order valence-electron chi connectivity index (χ3n) is 3.12. The van der Waals surface area contributed by atoms with Crippen LogP contribution in [0.2, 0.25) is 5.02 Å². The van der Waals surface area contributed by atoms with Gasteiger partial charge in [0.2, 0.25) is 10.0 Å². The van der Waals surface area contributed by atoms with Gasteiger partial charge in [-0.2, -0.15) is 0 Å². The van der Waals surface area contributed by atoms with E-state index in [4.69, 9.17) is 17.3 Å². The monoisotopic (exact) mass is 300 g/mol. The zero-order valence-electron chi connectivity index (χ0n) is 10.5. The van der Waals surface area contributed by atoms with Crippen LogP contribution in [0.4, 0.5) is 5.69 Å². The molecule has 6 heteroatoms. The van der Waals surface area contributed by atoms with E-state index in [0.29, 0.717) is 12.2 Å². The molecular formula is C13H17ClN2O2S. The summed E-state index contributed by atoms with van der Waals surface area (Å²) in [5.74, 6) is 0. The lowest BCUT2D eigenvalue weighted by molar-refractivity contribution is 0.581. The van der Waals surface area contributed by atoms with Gasteiger partial charge in [-0.1, -0.05) is 23.3 Å². The number of hydrogen-bond acceptors (Lipinski definition) is 3. The van der Waals surface area contributed by atoms with Crippen molar-refractivity contribution >= 4 is 27.3 Å². The summed E-state index contributed by atoms with van der Waals surface area (Å²) >= 11 is 5.90. The van der Waals surface area contributed by atoms with E-state index in [1.165, 1.54) is 24.1 Å². The number of nitrogens with one attached hydrogen (secondary N) is 1. The maximum absolute atomic E-state index is 12.1. The summed E-state index contributed by atoms with van der Waals surface area (Å²) < 4.78 is 26.8. The van der Waals surface area contributed by atoms with E-state index in [1.54, 1.807) is 6.07 Å². The lowest BCUT2D eigenvalue weighted by atomic mass is 10.2. The molecule has 0 heterocycles. The number of rotatable bonds is 5. The average Bonchev–Trinajstić information content (AvgIpc) is 2.85. The molecule has 0 atom stereocenters. The van der Waals surface area contributed by atoms with Gasteiger partial charge in [0.15, 0.2) is 0 Å². The molecule has 1 aromatic rings. The van der Waals surface area contributed by atoms with Crippen molar-refractivity contribution in [1.82, 2.24) is 4.72 Å². The predicted octanol–water partition coefficient (Wildman–Crippen LogP) is 2.70. The molecule has 0 fully saturated rings. The fourth-order valence-corrected chi connectivity index (χ4v) is 3.68. The van der Waals surface area contributed by atoms with Crippen molar-refractivity contribution in [3.05, 3.63) is 34.9 Å². The summed E-state index contributed by atoms with van der Waals surface area (Å²) in [5.41, 5.74) is 7.29. The van der Waals surface area contributed by atoms with Crippen LogP contribution in [0.25, 0.3) is 0 Å². The molecule has 2 rings (SSSR count). The Bertz CT molecular complexity index is 597. The molecule has 19 heavy (non-hydrogen) atoms. The van der Waals surface area contributed by atoms with Crippen LogP contribution in [0.5, 0.6) is 0 Å². The number of nitrogen functional groups attached to an aromatic ring is 1. The van der Waals surface area contributed by atoms with Gasteiger partial charge >= 0.3 is 0 Å². The van der Waals surface area contributed by atoms with Gasteiger partial charge in [0.25, 0.3) is 0 Å².